The SMILES string of the molecule is C=CCCC(NC(=O)c1conc1CNC(=O)OCC1c2ccccc2-c2ccccc21)C(=O)O. The zero-order valence-corrected chi connectivity index (χ0v) is 18.9. The predicted molar refractivity (Wildman–Crippen MR) is 127 cm³/mol. The molecule has 2 aromatic carbocycles. The summed E-state index contributed by atoms with van der Waals surface area (Å²) in [5.74, 6) is -1.90. The van der Waals surface area contributed by atoms with Crippen LogP contribution in [0, 0.1) is 0 Å². The summed E-state index contributed by atoms with van der Waals surface area (Å²) >= 11 is 0. The third-order valence-electron chi connectivity index (χ3n) is 5.90. The second kappa shape index (κ2) is 10.7. The quantitative estimate of drug-likeness (QED) is 0.380. The van der Waals surface area contributed by atoms with Gasteiger partial charge in [-0.1, -0.05) is 59.8 Å². The van der Waals surface area contributed by atoms with E-state index in [4.69, 9.17) is 9.26 Å². The number of rotatable bonds is 10. The highest BCUT2D eigenvalue weighted by atomic mass is 16.5. The molecule has 1 atom stereocenters. The molecule has 0 fully saturated rings. The van der Waals surface area contributed by atoms with Crippen molar-refractivity contribution < 1.29 is 28.8 Å². The number of fused-ring (bicyclic) bond motifs is 3. The van der Waals surface area contributed by atoms with Crippen LogP contribution in [0.1, 0.15) is 45.9 Å². The number of hydrogen-bond acceptors (Lipinski definition) is 6. The van der Waals surface area contributed by atoms with E-state index in [-0.39, 0.29) is 36.7 Å². The number of aliphatic carboxylic acids is 1. The van der Waals surface area contributed by atoms with Crippen LogP contribution in [-0.4, -0.2) is 40.9 Å². The van der Waals surface area contributed by atoms with Gasteiger partial charge in [-0.25, -0.2) is 9.59 Å². The molecular formula is C26H25N3O6. The highest BCUT2D eigenvalue weighted by molar-refractivity contribution is 5.97. The number of allylic oxidation sites excluding steroid dienone is 1. The summed E-state index contributed by atoms with van der Waals surface area (Å²) in [6.07, 6.45) is 2.64. The summed E-state index contributed by atoms with van der Waals surface area (Å²) in [5, 5.41) is 18.1. The van der Waals surface area contributed by atoms with Crippen molar-refractivity contribution >= 4 is 18.0 Å². The monoisotopic (exact) mass is 475 g/mol. The standard InChI is InChI=1S/C26H25N3O6/c1-2-3-12-22(25(31)32)28-24(30)21-15-35-29-23(21)13-27-26(33)34-14-20-18-10-6-4-8-16(18)17-9-5-7-11-19(17)20/h2,4-11,15,20,22H,1,3,12-14H2,(H,27,33)(H,28,30)(H,31,32). The van der Waals surface area contributed by atoms with Crippen molar-refractivity contribution in [2.75, 3.05) is 6.61 Å². The van der Waals surface area contributed by atoms with Crippen molar-refractivity contribution in [3.05, 3.63) is 89.8 Å². The Hall–Kier alpha value is -4.40. The predicted octanol–water partition coefficient (Wildman–Crippen LogP) is 3.86. The van der Waals surface area contributed by atoms with E-state index in [0.717, 1.165) is 28.5 Å². The van der Waals surface area contributed by atoms with Crippen LogP contribution in [0.5, 0.6) is 0 Å². The van der Waals surface area contributed by atoms with E-state index in [1.165, 1.54) is 0 Å². The summed E-state index contributed by atoms with van der Waals surface area (Å²) in [5.41, 5.74) is 4.65. The molecular weight excluding hydrogens is 450 g/mol. The number of nitrogens with one attached hydrogen (secondary N) is 2. The smallest absolute Gasteiger partial charge is 0.407 e. The summed E-state index contributed by atoms with van der Waals surface area (Å²) in [6.45, 7) is 3.58. The molecule has 3 aromatic rings. The highest BCUT2D eigenvalue weighted by Crippen LogP contribution is 2.44. The molecule has 2 amide bonds. The molecule has 4 rings (SSSR count). The van der Waals surface area contributed by atoms with Gasteiger partial charge in [-0.15, -0.1) is 6.58 Å². The molecule has 0 spiro atoms. The van der Waals surface area contributed by atoms with Gasteiger partial charge in [0.2, 0.25) is 0 Å². The number of carboxylic acids is 1. The minimum absolute atomic E-state index is 0.0359. The van der Waals surface area contributed by atoms with Crippen LogP contribution < -0.4 is 10.6 Å². The van der Waals surface area contributed by atoms with Gasteiger partial charge in [-0.2, -0.15) is 0 Å². The lowest BCUT2D eigenvalue weighted by Gasteiger charge is -2.15. The summed E-state index contributed by atoms with van der Waals surface area (Å²) in [7, 11) is 0. The second-order valence-corrected chi connectivity index (χ2v) is 8.08. The average Bonchev–Trinajstić information content (AvgIpc) is 3.46. The first-order valence-corrected chi connectivity index (χ1v) is 11.2. The zero-order chi connectivity index (χ0) is 24.8. The maximum atomic E-state index is 12.5. The van der Waals surface area contributed by atoms with Gasteiger partial charge in [-0.3, -0.25) is 4.79 Å². The Labute approximate surface area is 201 Å². The Morgan fingerprint density at radius 2 is 1.77 bits per heavy atom. The molecule has 0 radical (unpaired) electrons. The lowest BCUT2D eigenvalue weighted by atomic mass is 9.98. The van der Waals surface area contributed by atoms with Crippen LogP contribution in [0.25, 0.3) is 11.1 Å². The van der Waals surface area contributed by atoms with Gasteiger partial charge in [-0.05, 0) is 35.1 Å². The molecule has 0 bridgehead atoms. The van der Waals surface area contributed by atoms with Crippen molar-refractivity contribution in [2.24, 2.45) is 0 Å². The maximum Gasteiger partial charge on any atom is 0.407 e. The number of carboxylic acid groups (broad SMARTS) is 1. The molecule has 1 aromatic heterocycles. The molecule has 0 aliphatic heterocycles. The second-order valence-electron chi connectivity index (χ2n) is 8.08. The van der Waals surface area contributed by atoms with Crippen LogP contribution in [-0.2, 0) is 16.1 Å². The van der Waals surface area contributed by atoms with E-state index in [2.05, 4.69) is 34.5 Å². The summed E-state index contributed by atoms with van der Waals surface area (Å²) in [6, 6.07) is 15.0. The number of aromatic nitrogens is 1. The Morgan fingerprint density at radius 1 is 1.11 bits per heavy atom. The fourth-order valence-corrected chi connectivity index (χ4v) is 4.16. The number of amides is 2. The number of alkyl carbamates (subject to hydrolysis) is 1. The van der Waals surface area contributed by atoms with E-state index in [1.807, 2.05) is 36.4 Å². The van der Waals surface area contributed by atoms with Gasteiger partial charge in [0.25, 0.3) is 5.91 Å². The van der Waals surface area contributed by atoms with Gasteiger partial charge >= 0.3 is 12.1 Å². The van der Waals surface area contributed by atoms with E-state index >= 15 is 0 Å². The molecule has 1 heterocycles. The average molecular weight is 476 g/mol. The first-order valence-electron chi connectivity index (χ1n) is 11.2. The van der Waals surface area contributed by atoms with Crippen molar-refractivity contribution in [3.63, 3.8) is 0 Å². The van der Waals surface area contributed by atoms with Crippen molar-refractivity contribution in [3.8, 4) is 11.1 Å². The van der Waals surface area contributed by atoms with Crippen LogP contribution in [0.3, 0.4) is 0 Å². The van der Waals surface area contributed by atoms with Gasteiger partial charge < -0.3 is 25.0 Å². The minimum Gasteiger partial charge on any atom is -0.480 e. The molecule has 1 aliphatic carbocycles. The van der Waals surface area contributed by atoms with Crippen LogP contribution in [0.15, 0.2) is 72.0 Å². The highest BCUT2D eigenvalue weighted by Gasteiger charge is 2.29. The topological polar surface area (TPSA) is 131 Å². The number of hydrogen-bond donors (Lipinski definition) is 3. The van der Waals surface area contributed by atoms with Gasteiger partial charge in [0, 0.05) is 5.92 Å². The van der Waals surface area contributed by atoms with Crippen LogP contribution >= 0.6 is 0 Å². The largest absolute Gasteiger partial charge is 0.480 e. The number of carbonyl (C=O) groups excluding carboxylic acids is 2. The Bertz CT molecular complexity index is 1210. The summed E-state index contributed by atoms with van der Waals surface area (Å²) in [4.78, 5) is 36.3. The molecule has 0 saturated carbocycles. The molecule has 9 heteroatoms. The minimum atomic E-state index is -1.16. The molecule has 9 nitrogen and oxygen atoms in total. The zero-order valence-electron chi connectivity index (χ0n) is 18.9. The lowest BCUT2D eigenvalue weighted by Crippen LogP contribution is -2.41. The van der Waals surface area contributed by atoms with Gasteiger partial charge in [0.15, 0.2) is 0 Å². The molecule has 180 valence electrons. The third kappa shape index (κ3) is 5.24. The number of benzene rings is 2. The third-order valence-corrected chi connectivity index (χ3v) is 5.90. The lowest BCUT2D eigenvalue weighted by molar-refractivity contribution is -0.139. The molecule has 1 aliphatic rings. The maximum absolute atomic E-state index is 12.5. The normalized spacial score (nSPS) is 12.8. The number of ether oxygens (including phenoxy) is 1. The Kier molecular flexibility index (Phi) is 7.25. The van der Waals surface area contributed by atoms with Crippen molar-refractivity contribution in [1.29, 1.82) is 0 Å². The van der Waals surface area contributed by atoms with Gasteiger partial charge in [0.05, 0.1) is 6.54 Å². The van der Waals surface area contributed by atoms with Crippen molar-refractivity contribution in [1.82, 2.24) is 15.8 Å². The van der Waals surface area contributed by atoms with Crippen LogP contribution in [0.2, 0.25) is 0 Å². The van der Waals surface area contributed by atoms with Crippen molar-refractivity contribution in [2.45, 2.75) is 31.3 Å². The summed E-state index contributed by atoms with van der Waals surface area (Å²) < 4.78 is 10.4. The number of carbonyl (C=O) groups is 3. The van der Waals surface area contributed by atoms with E-state index in [9.17, 15) is 19.5 Å². The van der Waals surface area contributed by atoms with E-state index in [1.54, 1.807) is 6.08 Å². The number of nitrogens with zero attached hydrogens (tertiary/aromatic N) is 1. The first kappa shape index (κ1) is 23.7. The van der Waals surface area contributed by atoms with E-state index < -0.39 is 24.0 Å². The van der Waals surface area contributed by atoms with Crippen LogP contribution in [0.4, 0.5) is 4.79 Å². The Morgan fingerprint density at radius 3 is 2.40 bits per heavy atom. The molecule has 3 N–H and O–H groups in total. The fraction of sp³-hybridized carbons (Fsp3) is 0.231. The molecule has 35 heavy (non-hydrogen) atoms. The van der Waals surface area contributed by atoms with E-state index in [0.29, 0.717) is 6.42 Å². The molecule has 0 saturated heterocycles. The first-order chi connectivity index (χ1) is 17.0. The van der Waals surface area contributed by atoms with Gasteiger partial charge in [0.1, 0.15) is 30.2 Å². The fourth-order valence-electron chi connectivity index (χ4n) is 4.16. The Balaban J connectivity index is 1.34. The molecule has 1 unspecified atom stereocenters.